The molecule has 1 aliphatic carbocycles. The molecule has 0 saturated heterocycles. The highest BCUT2D eigenvalue weighted by atomic mass is 16.3. The molecule has 15 N–H and O–H groups in total. The van der Waals surface area contributed by atoms with Crippen molar-refractivity contribution in [3.63, 3.8) is 0 Å². The molecule has 66 heavy (non-hydrogen) atoms. The first-order chi connectivity index (χ1) is 31.7. The van der Waals surface area contributed by atoms with Crippen molar-refractivity contribution in [2.24, 2.45) is 0 Å². The van der Waals surface area contributed by atoms with Gasteiger partial charge in [0.25, 0.3) is 0 Å². The van der Waals surface area contributed by atoms with E-state index >= 15 is 0 Å². The lowest BCUT2D eigenvalue weighted by molar-refractivity contribution is 0.348. The fourth-order valence-corrected chi connectivity index (χ4v) is 9.19. The van der Waals surface area contributed by atoms with Crippen molar-refractivity contribution in [3.05, 3.63) is 68.8 Å². The van der Waals surface area contributed by atoms with Crippen molar-refractivity contribution in [3.8, 4) is 69.0 Å². The molecule has 370 valence electrons. The van der Waals surface area contributed by atoms with Crippen LogP contribution in [0.4, 0.5) is 0 Å². The summed E-state index contributed by atoms with van der Waals surface area (Å²) in [5.41, 5.74) is 0.596. The molecule has 0 unspecified atom stereocenters. The minimum atomic E-state index is -0.967. The van der Waals surface area contributed by atoms with Crippen molar-refractivity contribution >= 4 is 0 Å². The third kappa shape index (κ3) is 12.0. The van der Waals surface area contributed by atoms with E-state index in [1.807, 2.05) is 27.7 Å². The predicted molar refractivity (Wildman–Crippen MR) is 254 cm³/mol. The van der Waals surface area contributed by atoms with E-state index in [2.05, 4.69) is 0 Å². The Labute approximate surface area is 388 Å². The zero-order chi connectivity index (χ0) is 50.0. The first kappa shape index (κ1) is 56.5. The molecule has 0 saturated carbocycles. The molecular formula is C51H76O15. The van der Waals surface area contributed by atoms with Gasteiger partial charge in [0, 0.05) is 89.5 Å². The van der Waals surface area contributed by atoms with Crippen LogP contribution in [0.15, 0.2) is 24.3 Å². The zero-order valence-electron chi connectivity index (χ0n) is 39.6. The Morgan fingerprint density at radius 2 is 0.379 bits per heavy atom. The summed E-state index contributed by atoms with van der Waals surface area (Å²) in [6, 6.07) is 5.97. The average molecular weight is 929 g/mol. The molecule has 0 radical (unpaired) electrons. The van der Waals surface area contributed by atoms with Gasteiger partial charge in [-0.1, -0.05) is 105 Å². The fraction of sp³-hybridized carbons (Fsp3) is 0.529. The number of aliphatic hydroxyl groups is 3. The molecule has 0 fully saturated rings. The fourth-order valence-electron chi connectivity index (χ4n) is 9.19. The van der Waals surface area contributed by atoms with E-state index in [0.717, 1.165) is 72.7 Å². The van der Waals surface area contributed by atoms with Gasteiger partial charge in [0.15, 0.2) is 46.0 Å². The maximum absolute atomic E-state index is 11.7. The lowest BCUT2D eigenvalue weighted by atomic mass is 9.76. The van der Waals surface area contributed by atoms with Crippen LogP contribution in [-0.2, 0) is 0 Å². The van der Waals surface area contributed by atoms with Crippen LogP contribution in [0, 0.1) is 0 Å². The molecule has 0 spiro atoms. The number of phenols is 12. The molecule has 4 aromatic carbocycles. The molecule has 0 aliphatic heterocycles. The van der Waals surface area contributed by atoms with Gasteiger partial charge < -0.3 is 76.6 Å². The number of phenolic OH excluding ortho intramolecular Hbond substituents is 12. The monoisotopic (exact) mass is 929 g/mol. The summed E-state index contributed by atoms with van der Waals surface area (Å²) in [6.07, 6.45) is 9.40. The molecule has 5 rings (SSSR count). The number of rotatable bonds is 16. The normalized spacial score (nSPS) is 16.2. The van der Waals surface area contributed by atoms with Gasteiger partial charge in [0.1, 0.15) is 0 Å². The molecule has 8 bridgehead atoms. The number of benzene rings is 4. The van der Waals surface area contributed by atoms with Crippen LogP contribution in [0.3, 0.4) is 0 Å². The highest BCUT2D eigenvalue weighted by Crippen LogP contribution is 2.59. The Hall–Kier alpha value is -5.64. The van der Waals surface area contributed by atoms with Crippen LogP contribution in [0.1, 0.15) is 199 Å². The Balaban J connectivity index is 0.00000239. The van der Waals surface area contributed by atoms with Crippen LogP contribution in [0.25, 0.3) is 0 Å². The molecule has 0 amide bonds. The van der Waals surface area contributed by atoms with Gasteiger partial charge in [0.05, 0.1) is 0 Å². The quantitative estimate of drug-likeness (QED) is 0.0367. The lowest BCUT2D eigenvalue weighted by Crippen LogP contribution is -2.12. The Bertz CT molecular complexity index is 1740. The summed E-state index contributed by atoms with van der Waals surface area (Å²) < 4.78 is 0. The van der Waals surface area contributed by atoms with Gasteiger partial charge in [-0.3, -0.25) is 0 Å². The van der Waals surface area contributed by atoms with E-state index < -0.39 is 92.7 Å². The SMILES string of the molecule is CCCCCC1c2cc(c(O)c(O)c2O)C(CCCCC)c2cc(c(O)c(O)c2O)C(CCCCC)c2cc(c(O)c(O)c2O)C(CCCCC)c2cc1c(O)c(O)c2O.CO.CO.CO. The first-order valence-electron chi connectivity index (χ1n) is 23.1. The first-order valence-corrected chi connectivity index (χ1v) is 23.1. The average Bonchev–Trinajstić information content (AvgIpc) is 3.33. The predicted octanol–water partition coefficient (Wildman–Crippen LogP) is 10.1. The summed E-state index contributed by atoms with van der Waals surface area (Å²) in [5, 5.41) is 160. The molecule has 0 heterocycles. The molecule has 0 atom stereocenters. The highest BCUT2D eigenvalue weighted by Gasteiger charge is 2.37. The highest BCUT2D eigenvalue weighted by molar-refractivity contribution is 5.70. The lowest BCUT2D eigenvalue weighted by Gasteiger charge is -2.30. The Morgan fingerprint density at radius 3 is 0.500 bits per heavy atom. The molecule has 15 nitrogen and oxygen atoms in total. The zero-order valence-corrected chi connectivity index (χ0v) is 39.6. The number of aliphatic hydroxyl groups excluding tert-OH is 3. The third-order valence-electron chi connectivity index (χ3n) is 12.6. The smallest absolute Gasteiger partial charge is 0.200 e. The van der Waals surface area contributed by atoms with Gasteiger partial charge >= 0.3 is 0 Å². The largest absolute Gasteiger partial charge is 0.504 e. The van der Waals surface area contributed by atoms with Gasteiger partial charge in [-0.2, -0.15) is 0 Å². The van der Waals surface area contributed by atoms with E-state index in [-0.39, 0.29) is 70.2 Å². The summed E-state index contributed by atoms with van der Waals surface area (Å²) in [6.45, 7) is 8.00. The standard InChI is InChI=1S/C48H64O12.3CH4O/c1-5-9-13-17-25-29-21-31(39(51)45(57)37(29)49)26(18-14-10-6-2)33-23-35(43(55)47(59)41(33)53)28(20-16-12-8-4)36-24-34(42(54)48(60)44(36)56)27(19-15-11-7-3)32-22-30(25)38(50)46(58)40(32)52;3*1-2/h21-28,49-60H,5-20H2,1-4H3;3*2H,1H3. The Morgan fingerprint density at radius 1 is 0.242 bits per heavy atom. The number of unbranched alkanes of at least 4 members (excludes halogenated alkanes) is 8. The van der Waals surface area contributed by atoms with Crippen molar-refractivity contribution in [2.75, 3.05) is 21.3 Å². The van der Waals surface area contributed by atoms with Gasteiger partial charge in [-0.25, -0.2) is 0 Å². The number of hydrogen-bond acceptors (Lipinski definition) is 15. The van der Waals surface area contributed by atoms with Crippen molar-refractivity contribution in [2.45, 2.75) is 154 Å². The van der Waals surface area contributed by atoms with E-state index in [1.54, 1.807) is 0 Å². The van der Waals surface area contributed by atoms with Gasteiger partial charge in [-0.15, -0.1) is 0 Å². The van der Waals surface area contributed by atoms with Crippen molar-refractivity contribution in [1.82, 2.24) is 0 Å². The van der Waals surface area contributed by atoms with Gasteiger partial charge in [-0.05, 0) is 49.9 Å². The van der Waals surface area contributed by atoms with Crippen LogP contribution in [-0.4, -0.2) is 97.9 Å². The molecule has 4 aromatic rings. The topological polar surface area (TPSA) is 303 Å². The third-order valence-corrected chi connectivity index (χ3v) is 12.6. The van der Waals surface area contributed by atoms with Crippen LogP contribution >= 0.6 is 0 Å². The van der Waals surface area contributed by atoms with Gasteiger partial charge in [0.2, 0.25) is 23.0 Å². The van der Waals surface area contributed by atoms with E-state index in [1.165, 1.54) is 24.3 Å². The summed E-state index contributed by atoms with van der Waals surface area (Å²) in [5.74, 6) is -12.7. The second-order valence-corrected chi connectivity index (χ2v) is 16.6. The summed E-state index contributed by atoms with van der Waals surface area (Å²) in [4.78, 5) is 0. The number of aromatic hydroxyl groups is 12. The van der Waals surface area contributed by atoms with Crippen molar-refractivity contribution < 1.29 is 76.6 Å². The summed E-state index contributed by atoms with van der Waals surface area (Å²) >= 11 is 0. The minimum absolute atomic E-state index is 0.0745. The van der Waals surface area contributed by atoms with Crippen LogP contribution < -0.4 is 0 Å². The van der Waals surface area contributed by atoms with E-state index in [0.29, 0.717) is 25.7 Å². The van der Waals surface area contributed by atoms with Crippen molar-refractivity contribution in [1.29, 1.82) is 0 Å². The van der Waals surface area contributed by atoms with Crippen LogP contribution in [0.2, 0.25) is 0 Å². The number of fused-ring (bicyclic) bond motifs is 8. The molecular weight excluding hydrogens is 853 g/mol. The molecule has 15 heteroatoms. The van der Waals surface area contributed by atoms with Crippen LogP contribution in [0.5, 0.6) is 69.0 Å². The van der Waals surface area contributed by atoms with E-state index in [4.69, 9.17) is 15.3 Å². The molecule has 0 aromatic heterocycles. The number of hydrogen-bond donors (Lipinski definition) is 15. The summed E-state index contributed by atoms with van der Waals surface area (Å²) in [7, 11) is 3.00. The molecule has 1 aliphatic rings. The minimum Gasteiger partial charge on any atom is -0.504 e. The maximum atomic E-state index is 11.7. The maximum Gasteiger partial charge on any atom is 0.200 e. The Kier molecular flexibility index (Phi) is 23.2. The second-order valence-electron chi connectivity index (χ2n) is 16.6. The van der Waals surface area contributed by atoms with E-state index in [9.17, 15) is 61.3 Å². The second kappa shape index (κ2) is 27.1.